The molecule has 2 amide bonds. The van der Waals surface area contributed by atoms with E-state index in [2.05, 4.69) is 25.3 Å². The molecule has 0 fully saturated rings. The predicted molar refractivity (Wildman–Crippen MR) is 132 cm³/mol. The lowest BCUT2D eigenvalue weighted by Gasteiger charge is -2.00. The fourth-order valence-corrected chi connectivity index (χ4v) is 4.44. The number of rotatable bonds is 8. The van der Waals surface area contributed by atoms with Crippen molar-refractivity contribution in [1.82, 2.24) is 9.97 Å². The molecule has 2 aromatic carbocycles. The monoisotopic (exact) mass is 503 g/mol. The number of non-ortho nitro benzene ring substituents is 1. The van der Waals surface area contributed by atoms with Gasteiger partial charge in [-0.05, 0) is 25.1 Å². The van der Waals surface area contributed by atoms with E-state index in [1.54, 1.807) is 6.07 Å². The van der Waals surface area contributed by atoms with Crippen molar-refractivity contribution >= 4 is 70.9 Å². The maximum atomic E-state index is 11.4. The number of nitro groups is 1. The second-order valence-corrected chi connectivity index (χ2v) is 8.64. The molecule has 2 aromatic heterocycles. The van der Waals surface area contributed by atoms with E-state index in [0.717, 1.165) is 10.2 Å². The number of thiazole rings is 2. The highest BCUT2D eigenvalue weighted by Gasteiger charge is 2.11. The number of aromatic nitrogens is 2. The fraction of sp³-hybridized carbons (Fsp3) is 0.238. The zero-order chi connectivity index (χ0) is 24.5. The number of anilines is 2. The van der Waals surface area contributed by atoms with Crippen LogP contribution in [0, 0.1) is 10.1 Å². The fourth-order valence-electron chi connectivity index (χ4n) is 2.64. The number of para-hydroxylation sites is 1. The summed E-state index contributed by atoms with van der Waals surface area (Å²) in [7, 11) is 1.42. The van der Waals surface area contributed by atoms with Gasteiger partial charge in [-0.2, -0.15) is 0 Å². The van der Waals surface area contributed by atoms with Crippen molar-refractivity contribution in [3.63, 3.8) is 0 Å². The van der Waals surface area contributed by atoms with E-state index < -0.39 is 4.92 Å². The summed E-state index contributed by atoms with van der Waals surface area (Å²) in [5, 5.41) is 16.9. The number of hydrogen-bond donors (Lipinski definition) is 2. The Morgan fingerprint density at radius 1 is 0.971 bits per heavy atom. The summed E-state index contributed by atoms with van der Waals surface area (Å²) in [5.74, 6) is -0.480. The first kappa shape index (κ1) is 25.1. The van der Waals surface area contributed by atoms with Crippen LogP contribution in [0.4, 0.5) is 16.0 Å². The lowest BCUT2D eigenvalue weighted by atomic mass is 10.3. The molecule has 0 saturated carbocycles. The summed E-state index contributed by atoms with van der Waals surface area (Å²) < 4.78 is 11.4. The number of carbonyl (C=O) groups excluding carboxylic acids is 2. The van der Waals surface area contributed by atoms with Gasteiger partial charge >= 0.3 is 0 Å². The smallest absolute Gasteiger partial charge is 0.270 e. The van der Waals surface area contributed by atoms with Crippen LogP contribution in [0.5, 0.6) is 0 Å². The third-order valence-corrected chi connectivity index (χ3v) is 5.97. The van der Waals surface area contributed by atoms with Gasteiger partial charge in [0.1, 0.15) is 13.2 Å². The Bertz CT molecular complexity index is 1270. The summed E-state index contributed by atoms with van der Waals surface area (Å²) in [6, 6.07) is 12.1. The number of amides is 2. The molecule has 2 heterocycles. The molecule has 0 aliphatic rings. The topological polar surface area (TPSA) is 146 Å². The van der Waals surface area contributed by atoms with Gasteiger partial charge in [-0.1, -0.05) is 34.8 Å². The highest BCUT2D eigenvalue weighted by atomic mass is 32.1. The van der Waals surface area contributed by atoms with Crippen LogP contribution in [0.25, 0.3) is 20.4 Å². The van der Waals surface area contributed by atoms with E-state index in [1.165, 1.54) is 41.9 Å². The first-order valence-electron chi connectivity index (χ1n) is 9.96. The highest BCUT2D eigenvalue weighted by Crippen LogP contribution is 2.29. The van der Waals surface area contributed by atoms with Crippen molar-refractivity contribution in [2.24, 2.45) is 0 Å². The number of benzene rings is 2. The van der Waals surface area contributed by atoms with Crippen molar-refractivity contribution in [3.05, 3.63) is 52.6 Å². The molecule has 0 aliphatic heterocycles. The Hall–Kier alpha value is -3.52. The van der Waals surface area contributed by atoms with Crippen LogP contribution in [0.1, 0.15) is 6.92 Å². The van der Waals surface area contributed by atoms with Crippen molar-refractivity contribution in [2.45, 2.75) is 6.92 Å². The van der Waals surface area contributed by atoms with E-state index in [-0.39, 0.29) is 30.7 Å². The molecule has 0 bridgehead atoms. The van der Waals surface area contributed by atoms with Gasteiger partial charge in [0.15, 0.2) is 10.3 Å². The molecule has 0 radical (unpaired) electrons. The minimum Gasteiger partial charge on any atom is -0.375 e. The first-order chi connectivity index (χ1) is 16.4. The molecule has 0 atom stereocenters. The maximum Gasteiger partial charge on any atom is 0.270 e. The average Bonchev–Trinajstić information content (AvgIpc) is 3.40. The molecular formula is C21H21N5O6S2. The summed E-state index contributed by atoms with van der Waals surface area (Å²) >= 11 is 2.64. The Balaban J connectivity index is 0.000000192. The molecule has 34 heavy (non-hydrogen) atoms. The van der Waals surface area contributed by atoms with Gasteiger partial charge < -0.3 is 9.47 Å². The van der Waals surface area contributed by atoms with Gasteiger partial charge in [-0.3, -0.25) is 30.3 Å². The zero-order valence-electron chi connectivity index (χ0n) is 18.3. The summed E-state index contributed by atoms with van der Waals surface area (Å²) in [5.41, 5.74) is 1.51. The van der Waals surface area contributed by atoms with E-state index >= 15 is 0 Å². The lowest BCUT2D eigenvalue weighted by Crippen LogP contribution is -2.17. The number of nitrogens with one attached hydrogen (secondary N) is 2. The predicted octanol–water partition coefficient (Wildman–Crippen LogP) is 4.06. The van der Waals surface area contributed by atoms with Crippen LogP contribution in [-0.2, 0) is 19.1 Å². The SMILES string of the molecule is CCOCC(=O)Nc1nc2ccccc2s1.COCC(=O)Nc1nc2ccc([N+](=O)[O-])cc2s1. The Labute approximate surface area is 201 Å². The van der Waals surface area contributed by atoms with E-state index in [9.17, 15) is 19.7 Å². The summed E-state index contributed by atoms with van der Waals surface area (Å²) in [4.78, 5) is 41.2. The van der Waals surface area contributed by atoms with Gasteiger partial charge in [-0.25, -0.2) is 9.97 Å². The zero-order valence-corrected chi connectivity index (χ0v) is 19.9. The molecule has 11 nitrogen and oxygen atoms in total. The summed E-state index contributed by atoms with van der Waals surface area (Å²) in [6.07, 6.45) is 0. The van der Waals surface area contributed by atoms with Crippen LogP contribution in [0.15, 0.2) is 42.5 Å². The van der Waals surface area contributed by atoms with E-state index in [4.69, 9.17) is 4.74 Å². The Morgan fingerprint density at radius 2 is 1.59 bits per heavy atom. The first-order valence-corrected chi connectivity index (χ1v) is 11.6. The van der Waals surface area contributed by atoms with Crippen LogP contribution >= 0.6 is 22.7 Å². The normalized spacial score (nSPS) is 10.5. The van der Waals surface area contributed by atoms with Gasteiger partial charge in [0.05, 0.1) is 25.4 Å². The van der Waals surface area contributed by atoms with Crippen LogP contribution in [0.3, 0.4) is 0 Å². The number of ether oxygens (including phenoxy) is 2. The van der Waals surface area contributed by atoms with Gasteiger partial charge in [0.2, 0.25) is 0 Å². The molecule has 13 heteroatoms. The number of nitro benzene ring substituents is 1. The second kappa shape index (κ2) is 12.1. The second-order valence-electron chi connectivity index (χ2n) is 6.58. The molecule has 178 valence electrons. The van der Waals surface area contributed by atoms with Crippen molar-refractivity contribution in [1.29, 1.82) is 0 Å². The van der Waals surface area contributed by atoms with Crippen LogP contribution in [0.2, 0.25) is 0 Å². The van der Waals surface area contributed by atoms with E-state index in [1.807, 2.05) is 31.2 Å². The minimum atomic E-state index is -0.470. The third-order valence-electron chi connectivity index (χ3n) is 4.08. The van der Waals surface area contributed by atoms with Crippen molar-refractivity contribution < 1.29 is 24.0 Å². The highest BCUT2D eigenvalue weighted by molar-refractivity contribution is 7.22. The lowest BCUT2D eigenvalue weighted by molar-refractivity contribution is -0.384. The molecular weight excluding hydrogens is 482 g/mol. The van der Waals surface area contributed by atoms with Gasteiger partial charge in [0.25, 0.3) is 17.5 Å². The number of carbonyl (C=O) groups is 2. The molecule has 0 unspecified atom stereocenters. The number of methoxy groups -OCH3 is 1. The maximum absolute atomic E-state index is 11.4. The number of nitrogens with zero attached hydrogens (tertiary/aromatic N) is 3. The van der Waals surface area contributed by atoms with Crippen molar-refractivity contribution in [3.8, 4) is 0 Å². The summed E-state index contributed by atoms with van der Waals surface area (Å²) in [6.45, 7) is 2.40. The van der Waals surface area contributed by atoms with Gasteiger partial charge in [-0.15, -0.1) is 0 Å². The largest absolute Gasteiger partial charge is 0.375 e. The standard InChI is InChI=1S/C11H12N2O2S.C10H9N3O4S/c1-2-15-7-10(14)13-11-12-8-5-3-4-6-9(8)16-11;1-17-5-9(14)12-10-11-7-3-2-6(13(15)16)4-8(7)18-10/h3-6H,2,7H2,1H3,(H,12,13,14);2-4H,5H2,1H3,(H,11,12,14). The molecule has 4 aromatic rings. The van der Waals surface area contributed by atoms with Crippen LogP contribution < -0.4 is 10.6 Å². The average molecular weight is 504 g/mol. The van der Waals surface area contributed by atoms with Gasteiger partial charge in [0, 0.05) is 25.8 Å². The quantitative estimate of drug-likeness (QED) is 0.270. The molecule has 2 N–H and O–H groups in total. The number of fused-ring (bicyclic) bond motifs is 2. The molecule has 0 saturated heterocycles. The minimum absolute atomic E-state index is 0.000850. The molecule has 4 rings (SSSR count). The van der Waals surface area contributed by atoms with Crippen LogP contribution in [-0.4, -0.2) is 53.6 Å². The van der Waals surface area contributed by atoms with Crippen molar-refractivity contribution in [2.75, 3.05) is 37.6 Å². The molecule has 0 spiro atoms. The third kappa shape index (κ3) is 6.99. The molecule has 0 aliphatic carbocycles. The Morgan fingerprint density at radius 3 is 2.21 bits per heavy atom. The van der Waals surface area contributed by atoms with E-state index in [0.29, 0.717) is 27.1 Å². The Kier molecular flexibility index (Phi) is 8.93. The number of hydrogen-bond acceptors (Lipinski definition) is 10.